The van der Waals surface area contributed by atoms with E-state index in [0.29, 0.717) is 0 Å². The van der Waals surface area contributed by atoms with Crippen molar-refractivity contribution in [1.29, 1.82) is 0 Å². The molecule has 0 aliphatic heterocycles. The molecule has 0 unspecified atom stereocenters. The summed E-state index contributed by atoms with van der Waals surface area (Å²) < 4.78 is 6.90. The molecule has 0 radical (unpaired) electrons. The minimum atomic E-state index is -0.443. The summed E-state index contributed by atoms with van der Waals surface area (Å²) in [5, 5.41) is 4.41. The molecule has 0 spiro atoms. The highest BCUT2D eigenvalue weighted by molar-refractivity contribution is 5.70. The maximum Gasteiger partial charge on any atom is 0.328 e. The van der Waals surface area contributed by atoms with E-state index in [1.807, 2.05) is 33.0 Å². The van der Waals surface area contributed by atoms with Crippen molar-refractivity contribution in [2.75, 3.05) is 0 Å². The standard InChI is InChI=1S/C14H20N2O2/c1-14(2,3)18-13(17)10-16-9-8-12(15-16)11-6-4-5-7-11/h6,8-9H,4-5,7,10H2,1-3H3. The minimum absolute atomic E-state index is 0.171. The summed E-state index contributed by atoms with van der Waals surface area (Å²) in [4.78, 5) is 11.7. The lowest BCUT2D eigenvalue weighted by Gasteiger charge is -2.19. The summed E-state index contributed by atoms with van der Waals surface area (Å²) in [6, 6.07) is 1.96. The quantitative estimate of drug-likeness (QED) is 0.773. The van der Waals surface area contributed by atoms with Crippen LogP contribution in [0.15, 0.2) is 18.3 Å². The van der Waals surface area contributed by atoms with Crippen LogP contribution in [0.3, 0.4) is 0 Å². The van der Waals surface area contributed by atoms with Crippen LogP contribution in [-0.2, 0) is 16.1 Å². The fraction of sp³-hybridized carbons (Fsp3) is 0.571. The number of rotatable bonds is 3. The lowest BCUT2D eigenvalue weighted by molar-refractivity contribution is -0.155. The third kappa shape index (κ3) is 3.45. The molecule has 18 heavy (non-hydrogen) atoms. The minimum Gasteiger partial charge on any atom is -0.459 e. The van der Waals surface area contributed by atoms with Gasteiger partial charge in [-0.15, -0.1) is 0 Å². The summed E-state index contributed by atoms with van der Waals surface area (Å²) >= 11 is 0. The Bertz CT molecular complexity index is 466. The summed E-state index contributed by atoms with van der Waals surface area (Å²) in [5.74, 6) is -0.252. The number of ether oxygens (including phenoxy) is 1. The first kappa shape index (κ1) is 12.9. The first-order valence-electron chi connectivity index (χ1n) is 6.39. The molecule has 4 heteroatoms. The average Bonchev–Trinajstić information content (AvgIpc) is 2.82. The van der Waals surface area contributed by atoms with Crippen LogP contribution >= 0.6 is 0 Å². The predicted molar refractivity (Wildman–Crippen MR) is 69.9 cm³/mol. The molecule has 0 bridgehead atoms. The Morgan fingerprint density at radius 1 is 1.50 bits per heavy atom. The van der Waals surface area contributed by atoms with Crippen molar-refractivity contribution in [2.45, 2.75) is 52.2 Å². The number of carbonyl (C=O) groups excluding carboxylic acids is 1. The second-order valence-electron chi connectivity index (χ2n) is 5.61. The molecule has 0 atom stereocenters. The van der Waals surface area contributed by atoms with Gasteiger partial charge in [0, 0.05) is 6.20 Å². The predicted octanol–water partition coefficient (Wildman–Crippen LogP) is 2.79. The Morgan fingerprint density at radius 2 is 2.28 bits per heavy atom. The molecular formula is C14H20N2O2. The monoisotopic (exact) mass is 248 g/mol. The Kier molecular flexibility index (Phi) is 3.55. The van der Waals surface area contributed by atoms with Crippen LogP contribution in [0, 0.1) is 0 Å². The molecule has 1 heterocycles. The fourth-order valence-corrected chi connectivity index (χ4v) is 2.03. The number of aromatic nitrogens is 2. The molecule has 0 amide bonds. The van der Waals surface area contributed by atoms with Crippen LogP contribution in [0.5, 0.6) is 0 Å². The van der Waals surface area contributed by atoms with Gasteiger partial charge in [-0.3, -0.25) is 9.48 Å². The molecule has 1 aliphatic carbocycles. The van der Waals surface area contributed by atoms with E-state index in [9.17, 15) is 4.79 Å². The van der Waals surface area contributed by atoms with E-state index >= 15 is 0 Å². The van der Waals surface area contributed by atoms with E-state index in [-0.39, 0.29) is 12.5 Å². The van der Waals surface area contributed by atoms with Crippen molar-refractivity contribution < 1.29 is 9.53 Å². The average molecular weight is 248 g/mol. The number of esters is 1. The number of hydrogen-bond acceptors (Lipinski definition) is 3. The lowest BCUT2D eigenvalue weighted by Crippen LogP contribution is -2.26. The zero-order chi connectivity index (χ0) is 13.2. The number of carbonyl (C=O) groups is 1. The molecule has 0 saturated carbocycles. The van der Waals surface area contributed by atoms with Crippen molar-refractivity contribution in [3.63, 3.8) is 0 Å². The topological polar surface area (TPSA) is 44.1 Å². The van der Waals surface area contributed by atoms with Gasteiger partial charge in [-0.2, -0.15) is 5.10 Å². The summed E-state index contributed by atoms with van der Waals surface area (Å²) in [6.07, 6.45) is 7.48. The Hall–Kier alpha value is -1.58. The van der Waals surface area contributed by atoms with Gasteiger partial charge in [0.15, 0.2) is 0 Å². The highest BCUT2D eigenvalue weighted by atomic mass is 16.6. The zero-order valence-electron chi connectivity index (χ0n) is 11.3. The van der Waals surface area contributed by atoms with E-state index in [4.69, 9.17) is 4.74 Å². The fourth-order valence-electron chi connectivity index (χ4n) is 2.03. The van der Waals surface area contributed by atoms with Crippen LogP contribution in [0.4, 0.5) is 0 Å². The molecule has 1 aromatic rings. The van der Waals surface area contributed by atoms with Crippen LogP contribution in [0.2, 0.25) is 0 Å². The van der Waals surface area contributed by atoms with Crippen molar-refractivity contribution in [2.24, 2.45) is 0 Å². The normalized spacial score (nSPS) is 15.6. The molecule has 0 aromatic carbocycles. The van der Waals surface area contributed by atoms with Crippen LogP contribution in [-0.4, -0.2) is 21.4 Å². The molecular weight excluding hydrogens is 228 g/mol. The van der Waals surface area contributed by atoms with E-state index < -0.39 is 5.60 Å². The highest BCUT2D eigenvalue weighted by Gasteiger charge is 2.17. The molecule has 0 saturated heterocycles. The first-order valence-corrected chi connectivity index (χ1v) is 6.39. The van der Waals surface area contributed by atoms with Crippen molar-refractivity contribution >= 4 is 11.5 Å². The maximum absolute atomic E-state index is 11.7. The molecule has 1 aromatic heterocycles. The molecule has 4 nitrogen and oxygen atoms in total. The molecule has 1 aliphatic rings. The van der Waals surface area contributed by atoms with Gasteiger partial charge in [-0.25, -0.2) is 0 Å². The third-order valence-corrected chi connectivity index (χ3v) is 2.72. The lowest BCUT2D eigenvalue weighted by atomic mass is 10.2. The van der Waals surface area contributed by atoms with E-state index in [1.54, 1.807) is 4.68 Å². The second kappa shape index (κ2) is 4.96. The Labute approximate surface area is 108 Å². The number of allylic oxidation sites excluding steroid dienone is 2. The van der Waals surface area contributed by atoms with Crippen molar-refractivity contribution in [3.05, 3.63) is 24.0 Å². The van der Waals surface area contributed by atoms with E-state index in [2.05, 4.69) is 11.2 Å². The van der Waals surface area contributed by atoms with Crippen LogP contribution in [0.1, 0.15) is 45.7 Å². The highest BCUT2D eigenvalue weighted by Crippen LogP contribution is 2.25. The second-order valence-corrected chi connectivity index (χ2v) is 5.61. The van der Waals surface area contributed by atoms with E-state index in [0.717, 1.165) is 18.5 Å². The van der Waals surface area contributed by atoms with Crippen LogP contribution in [0.25, 0.3) is 5.57 Å². The summed E-state index contributed by atoms with van der Waals surface area (Å²) in [7, 11) is 0. The van der Waals surface area contributed by atoms with E-state index in [1.165, 1.54) is 12.0 Å². The summed E-state index contributed by atoms with van der Waals surface area (Å²) in [5.41, 5.74) is 1.83. The van der Waals surface area contributed by atoms with Gasteiger partial charge in [-0.05, 0) is 51.7 Å². The van der Waals surface area contributed by atoms with Crippen molar-refractivity contribution in [1.82, 2.24) is 9.78 Å². The molecule has 2 rings (SSSR count). The van der Waals surface area contributed by atoms with Crippen molar-refractivity contribution in [3.8, 4) is 0 Å². The maximum atomic E-state index is 11.7. The van der Waals surface area contributed by atoms with Gasteiger partial charge < -0.3 is 4.74 Å². The van der Waals surface area contributed by atoms with Gasteiger partial charge in [0.2, 0.25) is 0 Å². The molecule has 98 valence electrons. The number of hydrogen-bond donors (Lipinski definition) is 0. The first-order chi connectivity index (χ1) is 8.44. The Morgan fingerprint density at radius 3 is 2.89 bits per heavy atom. The Balaban J connectivity index is 1.96. The number of nitrogens with zero attached hydrogens (tertiary/aromatic N) is 2. The largest absolute Gasteiger partial charge is 0.459 e. The van der Waals surface area contributed by atoms with Gasteiger partial charge in [-0.1, -0.05) is 6.08 Å². The van der Waals surface area contributed by atoms with Gasteiger partial charge in [0.25, 0.3) is 0 Å². The van der Waals surface area contributed by atoms with Crippen LogP contribution < -0.4 is 0 Å². The molecule has 0 N–H and O–H groups in total. The third-order valence-electron chi connectivity index (χ3n) is 2.72. The zero-order valence-corrected chi connectivity index (χ0v) is 11.3. The summed E-state index contributed by atoms with van der Waals surface area (Å²) in [6.45, 7) is 5.76. The van der Waals surface area contributed by atoms with Gasteiger partial charge >= 0.3 is 5.97 Å². The SMILES string of the molecule is CC(C)(C)OC(=O)Cn1ccc(C2=CCCC2)n1. The van der Waals surface area contributed by atoms with Gasteiger partial charge in [0.05, 0.1) is 5.69 Å². The van der Waals surface area contributed by atoms with Gasteiger partial charge in [0.1, 0.15) is 12.1 Å². The molecule has 0 fully saturated rings. The smallest absolute Gasteiger partial charge is 0.328 e.